The summed E-state index contributed by atoms with van der Waals surface area (Å²) in [6, 6.07) is 19.3. The second kappa shape index (κ2) is 11.8. The molecule has 12 heteroatoms. The summed E-state index contributed by atoms with van der Waals surface area (Å²) in [5.74, 6) is -5.60. The number of halogens is 2. The van der Waals surface area contributed by atoms with Crippen LogP contribution in [0.5, 0.6) is 5.75 Å². The summed E-state index contributed by atoms with van der Waals surface area (Å²) in [5, 5.41) is 17.5. The predicted octanol–water partition coefficient (Wildman–Crippen LogP) is 3.37. The third kappa shape index (κ3) is 6.33. The average Bonchev–Trinajstić information content (AvgIpc) is 3.59. The SMILES string of the molecule is C[C@H](NC(=O)C(C)(F)F)[C@H](Oc1ccc2c(cnn2-c2cccc(C(=O)N3C[C@H](O)C[C@H]3C(N)=O)c2)c1)c1ccccc1. The number of carbonyl (C=O) groups is 3. The summed E-state index contributed by atoms with van der Waals surface area (Å²) in [5.41, 5.74) is 7.73. The number of aliphatic hydroxyl groups excluding tert-OH is 1. The Morgan fingerprint density at radius 1 is 1.09 bits per heavy atom. The van der Waals surface area contributed by atoms with Crippen molar-refractivity contribution in [3.8, 4) is 11.4 Å². The number of aliphatic hydroxyl groups is 1. The van der Waals surface area contributed by atoms with Crippen molar-refractivity contribution >= 4 is 28.6 Å². The number of hydrogen-bond acceptors (Lipinski definition) is 6. The normalized spacial score (nSPS) is 18.3. The summed E-state index contributed by atoms with van der Waals surface area (Å²) >= 11 is 0. The van der Waals surface area contributed by atoms with Gasteiger partial charge in [0.15, 0.2) is 0 Å². The first kappa shape index (κ1) is 29.6. The van der Waals surface area contributed by atoms with E-state index >= 15 is 0 Å². The fraction of sp³-hybridized carbons (Fsp3) is 0.290. The van der Waals surface area contributed by atoms with Crippen LogP contribution in [0.4, 0.5) is 8.78 Å². The highest BCUT2D eigenvalue weighted by molar-refractivity contribution is 5.98. The molecule has 0 saturated carbocycles. The number of hydrogen-bond donors (Lipinski definition) is 3. The lowest BCUT2D eigenvalue weighted by molar-refractivity contribution is -0.144. The van der Waals surface area contributed by atoms with Gasteiger partial charge in [-0.2, -0.15) is 13.9 Å². The molecule has 43 heavy (non-hydrogen) atoms. The molecule has 4 N–H and O–H groups in total. The van der Waals surface area contributed by atoms with Crippen LogP contribution in [0, 0.1) is 0 Å². The number of likely N-dealkylation sites (tertiary alicyclic amines) is 1. The number of benzene rings is 3. The van der Waals surface area contributed by atoms with Gasteiger partial charge in [0.05, 0.1) is 29.5 Å². The zero-order chi connectivity index (χ0) is 30.9. The molecule has 3 amide bonds. The number of rotatable bonds is 9. The van der Waals surface area contributed by atoms with Crippen molar-refractivity contribution < 1.29 is 33.0 Å². The molecule has 0 radical (unpaired) electrons. The molecule has 2 heterocycles. The topological polar surface area (TPSA) is 140 Å². The number of amides is 3. The van der Waals surface area contributed by atoms with Crippen LogP contribution < -0.4 is 15.8 Å². The molecule has 4 aromatic rings. The number of ether oxygens (including phenoxy) is 1. The zero-order valence-corrected chi connectivity index (χ0v) is 23.5. The molecule has 10 nitrogen and oxygen atoms in total. The molecule has 1 aliphatic rings. The summed E-state index contributed by atoms with van der Waals surface area (Å²) in [4.78, 5) is 38.3. The van der Waals surface area contributed by atoms with E-state index in [1.165, 1.54) is 4.90 Å². The highest BCUT2D eigenvalue weighted by Gasteiger charge is 2.38. The fourth-order valence-electron chi connectivity index (χ4n) is 5.19. The maximum Gasteiger partial charge on any atom is 0.321 e. The van der Waals surface area contributed by atoms with Gasteiger partial charge in [-0.1, -0.05) is 36.4 Å². The maximum absolute atomic E-state index is 13.6. The first-order valence-electron chi connectivity index (χ1n) is 13.7. The van der Waals surface area contributed by atoms with Gasteiger partial charge >= 0.3 is 5.92 Å². The second-order valence-corrected chi connectivity index (χ2v) is 10.7. The monoisotopic (exact) mass is 591 g/mol. The first-order valence-corrected chi connectivity index (χ1v) is 13.7. The largest absolute Gasteiger partial charge is 0.484 e. The molecule has 1 saturated heterocycles. The summed E-state index contributed by atoms with van der Waals surface area (Å²) < 4.78 is 35.1. The molecular weight excluding hydrogens is 560 g/mol. The zero-order valence-electron chi connectivity index (χ0n) is 23.5. The molecule has 1 fully saturated rings. The Labute approximate surface area is 246 Å². The van der Waals surface area contributed by atoms with Gasteiger partial charge in [0.2, 0.25) is 5.91 Å². The average molecular weight is 592 g/mol. The summed E-state index contributed by atoms with van der Waals surface area (Å²) in [7, 11) is 0. The fourth-order valence-corrected chi connectivity index (χ4v) is 5.19. The Morgan fingerprint density at radius 3 is 2.53 bits per heavy atom. The van der Waals surface area contributed by atoms with E-state index in [0.717, 1.165) is 0 Å². The molecule has 5 rings (SSSR count). The number of nitrogens with two attached hydrogens (primary N) is 1. The van der Waals surface area contributed by atoms with Crippen molar-refractivity contribution in [2.24, 2.45) is 5.73 Å². The van der Waals surface area contributed by atoms with Crippen LogP contribution in [0.15, 0.2) is 79.0 Å². The smallest absolute Gasteiger partial charge is 0.321 e. The van der Waals surface area contributed by atoms with E-state index in [1.807, 2.05) is 6.07 Å². The number of nitrogens with zero attached hydrogens (tertiary/aromatic N) is 3. The molecular formula is C31H31F2N5O5. The molecule has 1 aliphatic heterocycles. The van der Waals surface area contributed by atoms with E-state index in [4.69, 9.17) is 10.5 Å². The standard InChI is InChI=1S/C31H31F2N5O5/c1-18(36-30(42)31(2,32)33)27(19-7-4-3-5-8-19)43-24-11-12-25-21(14-24)16-35-38(25)22-10-6-9-20(13-22)29(41)37-17-23(39)15-26(37)28(34)40/h3-14,16,18,23,26-27,39H,15,17H2,1-2H3,(H2,34,40)(H,36,42)/t18-,23+,26-,27-/m0/s1. The van der Waals surface area contributed by atoms with E-state index in [-0.39, 0.29) is 13.0 Å². The molecule has 0 spiro atoms. The molecule has 1 aromatic heterocycles. The van der Waals surface area contributed by atoms with Crippen LogP contribution in [-0.2, 0) is 9.59 Å². The van der Waals surface area contributed by atoms with Gasteiger partial charge < -0.3 is 25.8 Å². The van der Waals surface area contributed by atoms with Crippen LogP contribution in [0.3, 0.4) is 0 Å². The lowest BCUT2D eigenvalue weighted by Crippen LogP contribution is -2.46. The molecule has 4 atom stereocenters. The number of fused-ring (bicyclic) bond motifs is 1. The van der Waals surface area contributed by atoms with Crippen LogP contribution in [-0.4, -0.2) is 68.2 Å². The van der Waals surface area contributed by atoms with Crippen molar-refractivity contribution in [2.45, 2.75) is 50.5 Å². The molecule has 0 bridgehead atoms. The van der Waals surface area contributed by atoms with E-state index < -0.39 is 47.9 Å². The number of nitrogens with one attached hydrogen (secondary N) is 1. The van der Waals surface area contributed by atoms with Crippen molar-refractivity contribution in [3.63, 3.8) is 0 Å². The number of aromatic nitrogens is 2. The lowest BCUT2D eigenvalue weighted by Gasteiger charge is -2.27. The van der Waals surface area contributed by atoms with Gasteiger partial charge in [-0.3, -0.25) is 14.4 Å². The third-order valence-electron chi connectivity index (χ3n) is 7.35. The maximum atomic E-state index is 13.6. The lowest BCUT2D eigenvalue weighted by atomic mass is 10.0. The van der Waals surface area contributed by atoms with Crippen LogP contribution in [0.25, 0.3) is 16.6 Å². The van der Waals surface area contributed by atoms with Gasteiger partial charge in [-0.25, -0.2) is 4.68 Å². The molecule has 224 valence electrons. The Hall–Kier alpha value is -4.84. The van der Waals surface area contributed by atoms with Crippen LogP contribution >= 0.6 is 0 Å². The first-order chi connectivity index (χ1) is 20.4. The van der Waals surface area contributed by atoms with Crippen molar-refractivity contribution in [1.82, 2.24) is 20.0 Å². The predicted molar refractivity (Wildman–Crippen MR) is 154 cm³/mol. The number of alkyl halides is 2. The second-order valence-electron chi connectivity index (χ2n) is 10.7. The van der Waals surface area contributed by atoms with Crippen molar-refractivity contribution in [3.05, 3.63) is 90.1 Å². The molecule has 0 unspecified atom stereocenters. The van der Waals surface area contributed by atoms with Gasteiger partial charge in [0, 0.05) is 30.8 Å². The minimum Gasteiger partial charge on any atom is -0.484 e. The Balaban J connectivity index is 1.40. The van der Waals surface area contributed by atoms with Gasteiger partial charge in [0.1, 0.15) is 17.9 Å². The Kier molecular flexibility index (Phi) is 8.14. The highest BCUT2D eigenvalue weighted by atomic mass is 19.3. The molecule has 3 aromatic carbocycles. The number of β-amino-alcohol motifs (C(OH)–C–C–N with tert-alkyl or cyclic N) is 1. The Bertz CT molecular complexity index is 1660. The van der Waals surface area contributed by atoms with Crippen molar-refractivity contribution in [2.75, 3.05) is 6.54 Å². The molecule has 0 aliphatic carbocycles. The van der Waals surface area contributed by atoms with Gasteiger partial charge in [-0.05, 0) is 48.9 Å². The Morgan fingerprint density at radius 2 is 1.84 bits per heavy atom. The van der Waals surface area contributed by atoms with E-state index in [1.54, 1.807) is 84.5 Å². The quantitative estimate of drug-likeness (QED) is 0.273. The number of primary amides is 1. The van der Waals surface area contributed by atoms with Crippen molar-refractivity contribution in [1.29, 1.82) is 0 Å². The van der Waals surface area contributed by atoms with E-state index in [2.05, 4.69) is 10.4 Å². The van der Waals surface area contributed by atoms with Gasteiger partial charge in [-0.15, -0.1) is 0 Å². The van der Waals surface area contributed by atoms with Crippen LogP contribution in [0.1, 0.15) is 42.3 Å². The minimum absolute atomic E-state index is 0.0112. The van der Waals surface area contributed by atoms with E-state index in [0.29, 0.717) is 40.4 Å². The minimum atomic E-state index is -3.54. The highest BCUT2D eigenvalue weighted by Crippen LogP contribution is 2.30. The number of carbonyl (C=O) groups excluding carboxylic acids is 3. The van der Waals surface area contributed by atoms with E-state index in [9.17, 15) is 28.3 Å². The van der Waals surface area contributed by atoms with Gasteiger partial charge in [0.25, 0.3) is 11.8 Å². The summed E-state index contributed by atoms with van der Waals surface area (Å²) in [6.07, 6.45) is 0.119. The van der Waals surface area contributed by atoms with Crippen LogP contribution in [0.2, 0.25) is 0 Å². The third-order valence-corrected chi connectivity index (χ3v) is 7.35. The summed E-state index contributed by atoms with van der Waals surface area (Å²) in [6.45, 7) is 2.15.